The standard InChI is InChI=1S/C19H16BrF3N2O2/c20-11-5-3-4-10(8-11)16(17(24)26)25-18(27)14-9-13(14)12-6-1-2-7-15(12)19(21,22)23/h1-8,13-14,16H,9H2,(H2,24,26)(H,25,27)/t13-,14-,16-/m1/s1. The molecule has 27 heavy (non-hydrogen) atoms. The van der Waals surface area contributed by atoms with Crippen molar-refractivity contribution in [2.45, 2.75) is 24.6 Å². The fourth-order valence-corrected chi connectivity index (χ4v) is 3.58. The van der Waals surface area contributed by atoms with Crippen LogP contribution in [0.1, 0.15) is 35.1 Å². The molecule has 142 valence electrons. The minimum absolute atomic E-state index is 0.100. The number of alkyl halides is 3. The Morgan fingerprint density at radius 3 is 2.48 bits per heavy atom. The van der Waals surface area contributed by atoms with Gasteiger partial charge in [0.1, 0.15) is 6.04 Å². The molecule has 2 amide bonds. The highest BCUT2D eigenvalue weighted by molar-refractivity contribution is 9.10. The summed E-state index contributed by atoms with van der Waals surface area (Å²) in [4.78, 5) is 24.3. The summed E-state index contributed by atoms with van der Waals surface area (Å²) >= 11 is 3.28. The minimum Gasteiger partial charge on any atom is -0.368 e. The lowest BCUT2D eigenvalue weighted by molar-refractivity contribution is -0.138. The largest absolute Gasteiger partial charge is 0.416 e. The SMILES string of the molecule is NC(=O)[C@H](NC(=O)[C@@H]1C[C@@H]1c1ccccc1C(F)(F)F)c1cccc(Br)c1. The van der Waals surface area contributed by atoms with Gasteiger partial charge in [0.15, 0.2) is 0 Å². The number of halogens is 4. The lowest BCUT2D eigenvalue weighted by Gasteiger charge is -2.17. The van der Waals surface area contributed by atoms with Gasteiger partial charge in [0.05, 0.1) is 5.56 Å². The van der Waals surface area contributed by atoms with E-state index in [1.165, 1.54) is 18.2 Å². The molecule has 3 N–H and O–H groups in total. The molecule has 1 saturated carbocycles. The molecule has 3 atom stereocenters. The first kappa shape index (κ1) is 19.4. The van der Waals surface area contributed by atoms with Crippen molar-refractivity contribution in [3.05, 3.63) is 69.7 Å². The highest BCUT2D eigenvalue weighted by Gasteiger charge is 2.48. The van der Waals surface area contributed by atoms with Crippen LogP contribution >= 0.6 is 15.9 Å². The van der Waals surface area contributed by atoms with Crippen molar-refractivity contribution in [1.82, 2.24) is 5.32 Å². The van der Waals surface area contributed by atoms with E-state index in [9.17, 15) is 22.8 Å². The molecule has 2 aromatic carbocycles. The maximum Gasteiger partial charge on any atom is 0.416 e. The normalized spacial score (nSPS) is 20.0. The van der Waals surface area contributed by atoms with E-state index < -0.39 is 41.4 Å². The van der Waals surface area contributed by atoms with Crippen LogP contribution in [-0.4, -0.2) is 11.8 Å². The second kappa shape index (κ2) is 7.34. The van der Waals surface area contributed by atoms with Crippen LogP contribution in [-0.2, 0) is 15.8 Å². The Kier molecular flexibility index (Phi) is 5.28. The highest BCUT2D eigenvalue weighted by Crippen LogP contribution is 2.51. The van der Waals surface area contributed by atoms with E-state index in [1.54, 1.807) is 24.3 Å². The number of hydrogen-bond acceptors (Lipinski definition) is 2. The Balaban J connectivity index is 1.76. The van der Waals surface area contributed by atoms with Gasteiger partial charge >= 0.3 is 6.18 Å². The van der Waals surface area contributed by atoms with Crippen molar-refractivity contribution >= 4 is 27.7 Å². The fraction of sp³-hybridized carbons (Fsp3) is 0.263. The Bertz CT molecular complexity index is 885. The second-order valence-corrected chi connectivity index (χ2v) is 7.35. The molecule has 8 heteroatoms. The maximum atomic E-state index is 13.2. The summed E-state index contributed by atoms with van der Waals surface area (Å²) in [6.45, 7) is 0. The first-order valence-electron chi connectivity index (χ1n) is 8.19. The van der Waals surface area contributed by atoms with E-state index in [0.717, 1.165) is 6.07 Å². The molecule has 0 radical (unpaired) electrons. The number of nitrogens with one attached hydrogen (secondary N) is 1. The summed E-state index contributed by atoms with van der Waals surface area (Å²) < 4.78 is 40.2. The summed E-state index contributed by atoms with van der Waals surface area (Å²) in [5.41, 5.74) is 5.26. The molecule has 0 aromatic heterocycles. The third-order valence-electron chi connectivity index (χ3n) is 4.55. The fourth-order valence-electron chi connectivity index (χ4n) is 3.16. The van der Waals surface area contributed by atoms with Gasteiger partial charge in [-0.2, -0.15) is 13.2 Å². The van der Waals surface area contributed by atoms with Gasteiger partial charge in [-0.25, -0.2) is 0 Å². The van der Waals surface area contributed by atoms with E-state index in [2.05, 4.69) is 21.2 Å². The first-order chi connectivity index (χ1) is 12.7. The lowest BCUT2D eigenvalue weighted by atomic mass is 10.0. The van der Waals surface area contributed by atoms with Crippen molar-refractivity contribution in [3.63, 3.8) is 0 Å². The smallest absolute Gasteiger partial charge is 0.368 e. The molecule has 3 rings (SSSR count). The second-order valence-electron chi connectivity index (χ2n) is 6.43. The Morgan fingerprint density at radius 1 is 1.15 bits per heavy atom. The number of rotatable bonds is 5. The van der Waals surface area contributed by atoms with E-state index in [4.69, 9.17) is 5.73 Å². The van der Waals surface area contributed by atoms with Gasteiger partial charge in [0, 0.05) is 10.4 Å². The molecule has 0 spiro atoms. The van der Waals surface area contributed by atoms with Crippen LogP contribution in [0.4, 0.5) is 13.2 Å². The molecular formula is C19H16BrF3N2O2. The maximum absolute atomic E-state index is 13.2. The lowest BCUT2D eigenvalue weighted by Crippen LogP contribution is -2.38. The van der Waals surface area contributed by atoms with Crippen molar-refractivity contribution in [2.75, 3.05) is 0 Å². The molecule has 0 bridgehead atoms. The van der Waals surface area contributed by atoms with Crippen molar-refractivity contribution in [2.24, 2.45) is 11.7 Å². The molecule has 1 aliphatic carbocycles. The third kappa shape index (κ3) is 4.32. The molecule has 0 unspecified atom stereocenters. The average molecular weight is 441 g/mol. The zero-order valence-electron chi connectivity index (χ0n) is 14.0. The number of hydrogen-bond donors (Lipinski definition) is 2. The Morgan fingerprint density at radius 2 is 1.85 bits per heavy atom. The summed E-state index contributed by atoms with van der Waals surface area (Å²) in [5, 5.41) is 2.56. The van der Waals surface area contributed by atoms with E-state index >= 15 is 0 Å². The number of nitrogens with two attached hydrogens (primary N) is 1. The van der Waals surface area contributed by atoms with Gasteiger partial charge in [-0.15, -0.1) is 0 Å². The van der Waals surface area contributed by atoms with Gasteiger partial charge in [-0.1, -0.05) is 46.3 Å². The number of carbonyl (C=O) groups excluding carboxylic acids is 2. The van der Waals surface area contributed by atoms with Crippen LogP contribution in [0, 0.1) is 5.92 Å². The van der Waals surface area contributed by atoms with E-state index in [1.807, 2.05) is 0 Å². The van der Waals surface area contributed by atoms with Crippen LogP contribution in [0.5, 0.6) is 0 Å². The molecule has 1 fully saturated rings. The van der Waals surface area contributed by atoms with Crippen LogP contribution in [0.2, 0.25) is 0 Å². The predicted molar refractivity (Wildman–Crippen MR) is 96.5 cm³/mol. The number of amides is 2. The highest BCUT2D eigenvalue weighted by atomic mass is 79.9. The predicted octanol–water partition coefficient (Wildman–Crippen LogP) is 3.91. The van der Waals surface area contributed by atoms with Crippen LogP contribution < -0.4 is 11.1 Å². The van der Waals surface area contributed by atoms with Crippen LogP contribution in [0.25, 0.3) is 0 Å². The molecule has 0 saturated heterocycles. The van der Waals surface area contributed by atoms with Gasteiger partial charge in [-0.3, -0.25) is 9.59 Å². The van der Waals surface area contributed by atoms with Crippen molar-refractivity contribution < 1.29 is 22.8 Å². The summed E-state index contributed by atoms with van der Waals surface area (Å²) in [6, 6.07) is 10.9. The molecule has 0 heterocycles. The first-order valence-corrected chi connectivity index (χ1v) is 8.99. The summed E-state index contributed by atoms with van der Waals surface area (Å²) in [5.74, 6) is -2.38. The van der Waals surface area contributed by atoms with Gasteiger partial charge < -0.3 is 11.1 Å². The summed E-state index contributed by atoms with van der Waals surface area (Å²) in [7, 11) is 0. The van der Waals surface area contributed by atoms with Gasteiger partial charge in [0.25, 0.3) is 0 Å². The molecule has 0 aliphatic heterocycles. The Labute approximate surface area is 162 Å². The third-order valence-corrected chi connectivity index (χ3v) is 5.04. The van der Waals surface area contributed by atoms with Gasteiger partial charge in [0.2, 0.25) is 11.8 Å². The molecule has 1 aliphatic rings. The van der Waals surface area contributed by atoms with Crippen molar-refractivity contribution in [3.8, 4) is 0 Å². The van der Waals surface area contributed by atoms with Crippen LogP contribution in [0.15, 0.2) is 53.0 Å². The van der Waals surface area contributed by atoms with Gasteiger partial charge in [-0.05, 0) is 41.7 Å². The molecule has 4 nitrogen and oxygen atoms in total. The quantitative estimate of drug-likeness (QED) is 0.739. The minimum atomic E-state index is -4.48. The number of carbonyl (C=O) groups is 2. The van der Waals surface area contributed by atoms with Crippen molar-refractivity contribution in [1.29, 1.82) is 0 Å². The van der Waals surface area contributed by atoms with E-state index in [-0.39, 0.29) is 5.56 Å². The number of benzene rings is 2. The molecular weight excluding hydrogens is 425 g/mol. The zero-order valence-corrected chi connectivity index (χ0v) is 15.5. The monoisotopic (exact) mass is 440 g/mol. The van der Waals surface area contributed by atoms with Crippen LogP contribution in [0.3, 0.4) is 0 Å². The summed E-state index contributed by atoms with van der Waals surface area (Å²) in [6.07, 6.45) is -4.19. The Hall–Kier alpha value is -2.35. The molecule has 2 aromatic rings. The topological polar surface area (TPSA) is 72.2 Å². The number of primary amides is 1. The zero-order chi connectivity index (χ0) is 19.8. The average Bonchev–Trinajstić information content (AvgIpc) is 3.39. The van der Waals surface area contributed by atoms with E-state index in [0.29, 0.717) is 16.5 Å².